The molecule has 27 heavy (non-hydrogen) atoms. The van der Waals surface area contributed by atoms with Gasteiger partial charge in [-0.1, -0.05) is 48.5 Å². The van der Waals surface area contributed by atoms with Crippen molar-refractivity contribution in [1.29, 1.82) is 0 Å². The van der Waals surface area contributed by atoms with Crippen molar-refractivity contribution in [1.82, 2.24) is 4.90 Å². The fourth-order valence-corrected chi connectivity index (χ4v) is 3.95. The van der Waals surface area contributed by atoms with Crippen LogP contribution in [0, 0.1) is 0 Å². The van der Waals surface area contributed by atoms with Gasteiger partial charge in [0.25, 0.3) is 0 Å². The van der Waals surface area contributed by atoms with Crippen LogP contribution in [0.1, 0.15) is 37.8 Å². The van der Waals surface area contributed by atoms with E-state index < -0.39 is 5.41 Å². The molecule has 4 heteroatoms. The Bertz CT molecular complexity index is 831. The van der Waals surface area contributed by atoms with Crippen LogP contribution in [0.25, 0.3) is 0 Å². The summed E-state index contributed by atoms with van der Waals surface area (Å²) in [5, 5.41) is 0. The Labute approximate surface area is 161 Å². The highest BCUT2D eigenvalue weighted by Crippen LogP contribution is 2.46. The van der Waals surface area contributed by atoms with Crippen molar-refractivity contribution in [2.45, 2.75) is 44.6 Å². The number of hydrogen-bond acceptors (Lipinski definition) is 2. The highest BCUT2D eigenvalue weighted by atomic mass is 16.2. The number of benzene rings is 2. The second-order valence-corrected chi connectivity index (χ2v) is 7.72. The van der Waals surface area contributed by atoms with Crippen LogP contribution in [0.3, 0.4) is 0 Å². The van der Waals surface area contributed by atoms with Crippen LogP contribution in [0.4, 0.5) is 5.69 Å². The lowest BCUT2D eigenvalue weighted by molar-refractivity contribution is -0.132. The van der Waals surface area contributed by atoms with E-state index in [2.05, 4.69) is 12.1 Å². The van der Waals surface area contributed by atoms with Crippen molar-refractivity contribution >= 4 is 17.5 Å². The zero-order valence-corrected chi connectivity index (χ0v) is 16.6. The first-order chi connectivity index (χ1) is 12.9. The lowest BCUT2D eigenvalue weighted by Gasteiger charge is -2.30. The third-order valence-electron chi connectivity index (χ3n) is 5.78. The molecule has 2 aromatic rings. The number of likely N-dealkylation sites (N-methyl/N-ethyl adjacent to an activating group) is 1. The molecule has 0 aromatic heterocycles. The number of fused-ring (bicyclic) bond motifs is 1. The van der Waals surface area contributed by atoms with E-state index in [0.29, 0.717) is 19.3 Å². The SMILES string of the molecule is CC(C)N(C)C(=O)CCC1(Cc2ccccc2)C(=O)N(C)c2ccccc21. The molecule has 2 aromatic carbocycles. The number of carbonyl (C=O) groups is 2. The topological polar surface area (TPSA) is 40.6 Å². The highest BCUT2D eigenvalue weighted by molar-refractivity contribution is 6.08. The molecule has 4 nitrogen and oxygen atoms in total. The van der Waals surface area contributed by atoms with E-state index in [0.717, 1.165) is 16.8 Å². The normalized spacial score (nSPS) is 18.7. The highest BCUT2D eigenvalue weighted by Gasteiger charge is 2.49. The maximum absolute atomic E-state index is 13.4. The molecular weight excluding hydrogens is 336 g/mol. The van der Waals surface area contributed by atoms with Crippen molar-refractivity contribution in [2.75, 3.05) is 19.0 Å². The number of para-hydroxylation sites is 1. The Kier molecular flexibility index (Phi) is 5.36. The van der Waals surface area contributed by atoms with Gasteiger partial charge in [-0.05, 0) is 43.9 Å². The van der Waals surface area contributed by atoms with Crippen LogP contribution in [-0.4, -0.2) is 36.9 Å². The summed E-state index contributed by atoms with van der Waals surface area (Å²) in [5.74, 6) is 0.157. The molecule has 0 radical (unpaired) electrons. The second-order valence-electron chi connectivity index (χ2n) is 7.72. The monoisotopic (exact) mass is 364 g/mol. The predicted molar refractivity (Wildman–Crippen MR) is 109 cm³/mol. The number of rotatable bonds is 6. The summed E-state index contributed by atoms with van der Waals surface area (Å²) >= 11 is 0. The Morgan fingerprint density at radius 1 is 1.07 bits per heavy atom. The molecular formula is C23H28N2O2. The van der Waals surface area contributed by atoms with E-state index in [4.69, 9.17) is 0 Å². The molecule has 0 fully saturated rings. The molecule has 142 valence electrons. The van der Waals surface area contributed by atoms with E-state index in [1.54, 1.807) is 9.80 Å². The Hall–Kier alpha value is -2.62. The zero-order valence-electron chi connectivity index (χ0n) is 16.6. The van der Waals surface area contributed by atoms with Gasteiger partial charge in [0.2, 0.25) is 11.8 Å². The summed E-state index contributed by atoms with van der Waals surface area (Å²) in [4.78, 5) is 29.5. The summed E-state index contributed by atoms with van der Waals surface area (Å²) in [5.41, 5.74) is 2.39. The van der Waals surface area contributed by atoms with Gasteiger partial charge in [-0.25, -0.2) is 0 Å². The summed E-state index contributed by atoms with van der Waals surface area (Å²) in [6.45, 7) is 4.00. The minimum atomic E-state index is -0.694. The Morgan fingerprint density at radius 3 is 2.37 bits per heavy atom. The van der Waals surface area contributed by atoms with Gasteiger partial charge in [-0.3, -0.25) is 9.59 Å². The molecule has 1 aliphatic heterocycles. The molecule has 0 saturated heterocycles. The number of nitrogens with zero attached hydrogens (tertiary/aromatic N) is 2. The summed E-state index contributed by atoms with van der Waals surface area (Å²) in [6.07, 6.45) is 1.47. The Balaban J connectivity index is 1.98. The molecule has 0 N–H and O–H groups in total. The van der Waals surface area contributed by atoms with Gasteiger partial charge >= 0.3 is 0 Å². The lowest BCUT2D eigenvalue weighted by atomic mass is 9.73. The summed E-state index contributed by atoms with van der Waals surface area (Å²) in [6, 6.07) is 18.2. The second kappa shape index (κ2) is 7.55. The maximum Gasteiger partial charge on any atom is 0.237 e. The number of anilines is 1. The van der Waals surface area contributed by atoms with Crippen LogP contribution < -0.4 is 4.90 Å². The number of carbonyl (C=O) groups excluding carboxylic acids is 2. The van der Waals surface area contributed by atoms with Gasteiger partial charge in [0.05, 0.1) is 5.41 Å². The third kappa shape index (κ3) is 3.48. The minimum absolute atomic E-state index is 0.0764. The smallest absolute Gasteiger partial charge is 0.237 e. The summed E-state index contributed by atoms with van der Waals surface area (Å²) in [7, 11) is 3.66. The van der Waals surface area contributed by atoms with Crippen molar-refractivity contribution in [3.63, 3.8) is 0 Å². The van der Waals surface area contributed by atoms with E-state index in [9.17, 15) is 9.59 Å². The molecule has 1 atom stereocenters. The molecule has 0 saturated carbocycles. The van der Waals surface area contributed by atoms with Crippen molar-refractivity contribution in [3.8, 4) is 0 Å². The molecule has 0 spiro atoms. The van der Waals surface area contributed by atoms with E-state index in [-0.39, 0.29) is 17.9 Å². The molecule has 0 aliphatic carbocycles. The standard InChI is InChI=1S/C23H28N2O2/c1-17(2)24(3)21(26)14-15-23(16-18-10-6-5-7-11-18)19-12-8-9-13-20(19)25(4)22(23)27/h5-13,17H,14-16H2,1-4H3. The fourth-order valence-electron chi connectivity index (χ4n) is 3.95. The van der Waals surface area contributed by atoms with Crippen molar-refractivity contribution in [3.05, 3.63) is 65.7 Å². The minimum Gasteiger partial charge on any atom is -0.343 e. The van der Waals surface area contributed by atoms with Crippen LogP contribution in [0.2, 0.25) is 0 Å². The molecule has 2 amide bonds. The first-order valence-electron chi connectivity index (χ1n) is 9.54. The van der Waals surface area contributed by atoms with Crippen LogP contribution in [-0.2, 0) is 21.4 Å². The fraction of sp³-hybridized carbons (Fsp3) is 0.391. The van der Waals surface area contributed by atoms with E-state index >= 15 is 0 Å². The molecule has 1 aliphatic rings. The van der Waals surface area contributed by atoms with Crippen LogP contribution in [0.5, 0.6) is 0 Å². The predicted octanol–water partition coefficient (Wildman–Crippen LogP) is 3.79. The van der Waals surface area contributed by atoms with Gasteiger partial charge in [0.15, 0.2) is 0 Å². The van der Waals surface area contributed by atoms with Gasteiger partial charge in [-0.2, -0.15) is 0 Å². The quantitative estimate of drug-likeness (QED) is 0.782. The molecule has 3 rings (SSSR count). The molecule has 1 unspecified atom stereocenters. The van der Waals surface area contributed by atoms with Crippen LogP contribution >= 0.6 is 0 Å². The van der Waals surface area contributed by atoms with Crippen molar-refractivity contribution < 1.29 is 9.59 Å². The van der Waals surface area contributed by atoms with Crippen molar-refractivity contribution in [2.24, 2.45) is 0 Å². The number of amides is 2. The van der Waals surface area contributed by atoms with E-state index in [1.165, 1.54) is 0 Å². The lowest BCUT2D eigenvalue weighted by Crippen LogP contribution is -2.42. The first-order valence-corrected chi connectivity index (χ1v) is 9.54. The third-order valence-corrected chi connectivity index (χ3v) is 5.78. The van der Waals surface area contributed by atoms with Gasteiger partial charge in [0, 0.05) is 32.2 Å². The van der Waals surface area contributed by atoms with Gasteiger partial charge < -0.3 is 9.80 Å². The van der Waals surface area contributed by atoms with Crippen LogP contribution in [0.15, 0.2) is 54.6 Å². The van der Waals surface area contributed by atoms with Gasteiger partial charge in [-0.15, -0.1) is 0 Å². The first kappa shape index (κ1) is 19.2. The average Bonchev–Trinajstić information content (AvgIpc) is 2.89. The van der Waals surface area contributed by atoms with Gasteiger partial charge in [0.1, 0.15) is 0 Å². The largest absolute Gasteiger partial charge is 0.343 e. The zero-order chi connectivity index (χ0) is 19.6. The maximum atomic E-state index is 13.4. The average molecular weight is 364 g/mol. The molecule has 0 bridgehead atoms. The van der Waals surface area contributed by atoms with E-state index in [1.807, 2.05) is 70.4 Å². The molecule has 1 heterocycles. The Morgan fingerprint density at radius 2 is 1.70 bits per heavy atom. The number of hydrogen-bond donors (Lipinski definition) is 0. The summed E-state index contributed by atoms with van der Waals surface area (Å²) < 4.78 is 0.